The molecule has 0 aliphatic carbocycles. The van der Waals surface area contributed by atoms with Gasteiger partial charge in [0.2, 0.25) is 0 Å². The van der Waals surface area contributed by atoms with Gasteiger partial charge in [0.05, 0.1) is 0 Å². The highest BCUT2D eigenvalue weighted by atomic mass is 35.5. The molecule has 1 unspecified atom stereocenters. The Kier molecular flexibility index (Phi) is 4.61. The molecule has 1 amide bonds. The molecule has 3 rings (SSSR count). The predicted molar refractivity (Wildman–Crippen MR) is 87.7 cm³/mol. The zero-order valence-electron chi connectivity index (χ0n) is 12.0. The number of benzene rings is 2. The Morgan fingerprint density at radius 3 is 2.77 bits per heavy atom. The molecule has 1 fully saturated rings. The zero-order chi connectivity index (χ0) is 15.4. The lowest BCUT2D eigenvalue weighted by molar-refractivity contribution is 0.102. The summed E-state index contributed by atoms with van der Waals surface area (Å²) in [5, 5.41) is 6.73. The second-order valence-electron chi connectivity index (χ2n) is 5.22. The van der Waals surface area contributed by atoms with Gasteiger partial charge in [-0.3, -0.25) is 4.79 Å². The lowest BCUT2D eigenvalue weighted by Crippen LogP contribution is -2.19. The van der Waals surface area contributed by atoms with Crippen LogP contribution in [0.2, 0.25) is 5.02 Å². The quantitative estimate of drug-likeness (QED) is 0.909. The third-order valence-electron chi connectivity index (χ3n) is 3.52. The highest BCUT2D eigenvalue weighted by Crippen LogP contribution is 2.21. The lowest BCUT2D eigenvalue weighted by atomic mass is 10.2. The third kappa shape index (κ3) is 3.78. The molecule has 1 aliphatic rings. The Morgan fingerprint density at radius 2 is 2.05 bits per heavy atom. The van der Waals surface area contributed by atoms with E-state index in [0.29, 0.717) is 16.3 Å². The van der Waals surface area contributed by atoms with Crippen molar-refractivity contribution in [2.24, 2.45) is 0 Å². The first kappa shape index (κ1) is 14.9. The minimum Gasteiger partial charge on any atom is -0.489 e. The number of halogens is 1. The Hall–Kier alpha value is -2.04. The Labute approximate surface area is 134 Å². The summed E-state index contributed by atoms with van der Waals surface area (Å²) in [6.45, 7) is 1.85. The van der Waals surface area contributed by atoms with Gasteiger partial charge in [-0.1, -0.05) is 17.7 Å². The molecule has 1 atom stereocenters. The Bertz CT molecular complexity index is 652. The van der Waals surface area contributed by atoms with Gasteiger partial charge in [-0.15, -0.1) is 0 Å². The van der Waals surface area contributed by atoms with E-state index in [1.807, 2.05) is 24.3 Å². The number of hydrogen-bond donors (Lipinski definition) is 2. The van der Waals surface area contributed by atoms with Gasteiger partial charge in [0.15, 0.2) is 0 Å². The SMILES string of the molecule is O=C(Nc1cccc(OC2CCNC2)c1)c1ccc(Cl)cc1. The fourth-order valence-corrected chi connectivity index (χ4v) is 2.50. The maximum Gasteiger partial charge on any atom is 0.255 e. The Balaban J connectivity index is 1.66. The second kappa shape index (κ2) is 6.81. The second-order valence-corrected chi connectivity index (χ2v) is 5.66. The highest BCUT2D eigenvalue weighted by molar-refractivity contribution is 6.30. The van der Waals surface area contributed by atoms with Gasteiger partial charge in [-0.25, -0.2) is 0 Å². The summed E-state index contributed by atoms with van der Waals surface area (Å²) in [4.78, 5) is 12.2. The smallest absolute Gasteiger partial charge is 0.255 e. The van der Waals surface area contributed by atoms with Crippen LogP contribution in [0.25, 0.3) is 0 Å². The van der Waals surface area contributed by atoms with Crippen LogP contribution in [0, 0.1) is 0 Å². The van der Waals surface area contributed by atoms with Crippen molar-refractivity contribution in [1.29, 1.82) is 0 Å². The van der Waals surface area contributed by atoms with E-state index in [2.05, 4.69) is 10.6 Å². The maximum atomic E-state index is 12.2. The largest absolute Gasteiger partial charge is 0.489 e. The average Bonchev–Trinajstić information content (AvgIpc) is 3.01. The van der Waals surface area contributed by atoms with E-state index in [4.69, 9.17) is 16.3 Å². The van der Waals surface area contributed by atoms with Crippen molar-refractivity contribution < 1.29 is 9.53 Å². The van der Waals surface area contributed by atoms with Gasteiger partial charge >= 0.3 is 0 Å². The molecule has 1 aliphatic heterocycles. The summed E-state index contributed by atoms with van der Waals surface area (Å²) in [6.07, 6.45) is 1.20. The summed E-state index contributed by atoms with van der Waals surface area (Å²) in [5.74, 6) is 0.596. The number of hydrogen-bond acceptors (Lipinski definition) is 3. The monoisotopic (exact) mass is 316 g/mol. The van der Waals surface area contributed by atoms with Crippen molar-refractivity contribution in [2.75, 3.05) is 18.4 Å². The van der Waals surface area contributed by atoms with Gasteiger partial charge in [0.1, 0.15) is 11.9 Å². The van der Waals surface area contributed by atoms with Crippen LogP contribution in [0.4, 0.5) is 5.69 Å². The highest BCUT2D eigenvalue weighted by Gasteiger charge is 2.16. The zero-order valence-corrected chi connectivity index (χ0v) is 12.8. The van der Waals surface area contributed by atoms with E-state index >= 15 is 0 Å². The Morgan fingerprint density at radius 1 is 1.23 bits per heavy atom. The molecule has 0 aromatic heterocycles. The molecule has 5 heteroatoms. The number of nitrogens with one attached hydrogen (secondary N) is 2. The summed E-state index contributed by atoms with van der Waals surface area (Å²) >= 11 is 5.82. The number of carbonyl (C=O) groups is 1. The summed E-state index contributed by atoms with van der Waals surface area (Å²) < 4.78 is 5.89. The molecule has 2 N–H and O–H groups in total. The molecular formula is C17H17ClN2O2. The van der Waals surface area contributed by atoms with Crippen LogP contribution in [-0.4, -0.2) is 25.1 Å². The summed E-state index contributed by atoms with van der Waals surface area (Å²) in [6, 6.07) is 14.2. The summed E-state index contributed by atoms with van der Waals surface area (Å²) in [7, 11) is 0. The number of amides is 1. The first-order valence-electron chi connectivity index (χ1n) is 7.25. The molecule has 4 nitrogen and oxygen atoms in total. The lowest BCUT2D eigenvalue weighted by Gasteiger charge is -2.13. The van der Waals surface area contributed by atoms with Crippen molar-refractivity contribution in [3.8, 4) is 5.75 Å². The summed E-state index contributed by atoms with van der Waals surface area (Å²) in [5.41, 5.74) is 1.28. The first-order chi connectivity index (χ1) is 10.7. The number of anilines is 1. The predicted octanol–water partition coefficient (Wildman–Crippen LogP) is 3.33. The molecule has 1 heterocycles. The molecule has 2 aromatic carbocycles. The molecule has 0 saturated carbocycles. The molecule has 0 bridgehead atoms. The number of ether oxygens (including phenoxy) is 1. The van der Waals surface area contributed by atoms with E-state index in [1.54, 1.807) is 24.3 Å². The molecule has 1 saturated heterocycles. The minimum atomic E-state index is -0.170. The topological polar surface area (TPSA) is 50.4 Å². The fraction of sp³-hybridized carbons (Fsp3) is 0.235. The van der Waals surface area contributed by atoms with Crippen molar-refractivity contribution in [3.05, 3.63) is 59.1 Å². The average molecular weight is 317 g/mol. The number of carbonyl (C=O) groups excluding carboxylic acids is 1. The van der Waals surface area contributed by atoms with Gasteiger partial charge in [0.25, 0.3) is 5.91 Å². The third-order valence-corrected chi connectivity index (χ3v) is 3.77. The van der Waals surface area contributed by atoms with Crippen LogP contribution in [0.5, 0.6) is 5.75 Å². The van der Waals surface area contributed by atoms with E-state index in [1.165, 1.54) is 0 Å². The van der Waals surface area contributed by atoms with Crippen molar-refractivity contribution >= 4 is 23.2 Å². The molecule has 2 aromatic rings. The normalized spacial score (nSPS) is 17.2. The molecule has 114 valence electrons. The van der Waals surface area contributed by atoms with Crippen molar-refractivity contribution in [2.45, 2.75) is 12.5 Å². The van der Waals surface area contributed by atoms with Crippen LogP contribution in [-0.2, 0) is 0 Å². The van der Waals surface area contributed by atoms with Crippen LogP contribution in [0.1, 0.15) is 16.8 Å². The maximum absolute atomic E-state index is 12.2. The van der Waals surface area contributed by atoms with Gasteiger partial charge in [0, 0.05) is 28.9 Å². The van der Waals surface area contributed by atoms with Gasteiger partial charge in [-0.2, -0.15) is 0 Å². The fourth-order valence-electron chi connectivity index (χ4n) is 2.37. The van der Waals surface area contributed by atoms with Crippen LogP contribution in [0.3, 0.4) is 0 Å². The van der Waals surface area contributed by atoms with Crippen molar-refractivity contribution in [3.63, 3.8) is 0 Å². The molecule has 22 heavy (non-hydrogen) atoms. The molecular weight excluding hydrogens is 300 g/mol. The van der Waals surface area contributed by atoms with Crippen LogP contribution < -0.4 is 15.4 Å². The molecule has 0 radical (unpaired) electrons. The minimum absolute atomic E-state index is 0.170. The van der Waals surface area contributed by atoms with E-state index in [-0.39, 0.29) is 12.0 Å². The first-order valence-corrected chi connectivity index (χ1v) is 7.63. The van der Waals surface area contributed by atoms with Gasteiger partial charge in [-0.05, 0) is 49.4 Å². The van der Waals surface area contributed by atoms with Crippen LogP contribution >= 0.6 is 11.6 Å². The van der Waals surface area contributed by atoms with Crippen molar-refractivity contribution in [1.82, 2.24) is 5.32 Å². The van der Waals surface area contributed by atoms with Crippen LogP contribution in [0.15, 0.2) is 48.5 Å². The van der Waals surface area contributed by atoms with Gasteiger partial charge < -0.3 is 15.4 Å². The van der Waals surface area contributed by atoms with E-state index < -0.39 is 0 Å². The molecule has 0 spiro atoms. The van der Waals surface area contributed by atoms with E-state index in [9.17, 15) is 4.79 Å². The standard InChI is InChI=1S/C17H17ClN2O2/c18-13-6-4-12(5-7-13)17(21)20-14-2-1-3-15(10-14)22-16-8-9-19-11-16/h1-7,10,16,19H,8-9,11H2,(H,20,21). The number of rotatable bonds is 4. The van der Waals surface area contributed by atoms with E-state index in [0.717, 1.165) is 25.3 Å².